The van der Waals surface area contributed by atoms with Gasteiger partial charge in [-0.1, -0.05) is 146 Å². The van der Waals surface area contributed by atoms with Gasteiger partial charge in [0.25, 0.3) is 0 Å². The lowest BCUT2D eigenvalue weighted by atomic mass is 9.64. The zero-order valence-corrected chi connectivity index (χ0v) is 31.6. The van der Waals surface area contributed by atoms with Crippen LogP contribution >= 0.6 is 0 Å². The van der Waals surface area contributed by atoms with E-state index in [0.29, 0.717) is 0 Å². The highest BCUT2D eigenvalue weighted by molar-refractivity contribution is 6.30. The van der Waals surface area contributed by atoms with Gasteiger partial charge in [0.05, 0.1) is 0 Å². The van der Waals surface area contributed by atoms with Gasteiger partial charge in [-0.15, -0.1) is 0 Å². The van der Waals surface area contributed by atoms with Gasteiger partial charge in [0.15, 0.2) is 46.3 Å². The number of benzene rings is 6. The second-order valence-corrected chi connectivity index (χ2v) is 13.6. The number of ketones is 8. The van der Waals surface area contributed by atoms with Crippen LogP contribution < -0.4 is 0 Å². The lowest BCUT2D eigenvalue weighted by Gasteiger charge is -2.33. The maximum Gasteiger partial charge on any atom is 0.193 e. The van der Waals surface area contributed by atoms with Gasteiger partial charge in [0, 0.05) is 55.6 Å². The Morgan fingerprint density at radius 3 is 0.789 bits per heavy atom. The molecule has 0 radical (unpaired) electrons. The molecule has 0 aliphatic heterocycles. The van der Waals surface area contributed by atoms with E-state index in [1.165, 1.54) is 100 Å². The van der Waals surface area contributed by atoms with E-state index < -0.39 is 40.1 Å². The third kappa shape index (κ3) is 7.28. The Morgan fingerprint density at radius 1 is 0.298 bits per heavy atom. The summed E-state index contributed by atoms with van der Waals surface area (Å²) in [5, 5.41) is 0. The summed E-state index contributed by atoms with van der Waals surface area (Å²) >= 11 is 0. The summed E-state index contributed by atoms with van der Waals surface area (Å²) in [6.07, 6.45) is 0. The minimum Gasteiger partial charge on any atom is -0.294 e. The number of rotatable bonds is 14. The molecule has 6 aromatic carbocycles. The van der Waals surface area contributed by atoms with Crippen molar-refractivity contribution in [1.29, 1.82) is 0 Å². The first-order valence-electron chi connectivity index (χ1n) is 18.1. The van der Waals surface area contributed by atoms with E-state index in [0.717, 1.165) is 0 Å². The number of carbonyl (C=O) groups is 8. The first-order valence-corrected chi connectivity index (χ1v) is 18.1. The van der Waals surface area contributed by atoms with Gasteiger partial charge in [0.1, 0.15) is 5.41 Å². The Bertz CT molecular complexity index is 2460. The number of carbonyl (C=O) groups excluding carboxylic acids is 8. The standard InChI is InChI=1S/C49H36O8/c1-29(50)37-13-5-9-17-41(37)45(54)33-21-25-35(26-22-33)49(47(56)43-19-11-7-15-39(43)31(3)52,48(57)44-20-12-8-16-40(44)32(4)53)36-27-23-34(24-28-36)46(55)42-18-10-6-14-38(42)30(2)51/h5-28H,1-4H3. The van der Waals surface area contributed by atoms with E-state index in [2.05, 4.69) is 0 Å². The van der Waals surface area contributed by atoms with E-state index in [-0.39, 0.29) is 78.3 Å². The molecule has 280 valence electrons. The fourth-order valence-corrected chi connectivity index (χ4v) is 7.20. The van der Waals surface area contributed by atoms with E-state index in [9.17, 15) is 28.8 Å². The van der Waals surface area contributed by atoms with Crippen molar-refractivity contribution in [1.82, 2.24) is 0 Å². The molecule has 57 heavy (non-hydrogen) atoms. The highest BCUT2D eigenvalue weighted by Gasteiger charge is 2.51. The van der Waals surface area contributed by atoms with Crippen molar-refractivity contribution >= 4 is 46.3 Å². The molecule has 0 bridgehead atoms. The van der Waals surface area contributed by atoms with Gasteiger partial charge in [-0.25, -0.2) is 0 Å². The summed E-state index contributed by atoms with van der Waals surface area (Å²) in [7, 11) is 0. The average molecular weight is 753 g/mol. The molecule has 8 heteroatoms. The maximum atomic E-state index is 15.5. The van der Waals surface area contributed by atoms with Gasteiger partial charge in [-0.2, -0.15) is 0 Å². The predicted molar refractivity (Wildman–Crippen MR) is 215 cm³/mol. The van der Waals surface area contributed by atoms with Gasteiger partial charge in [-0.05, 0) is 38.8 Å². The summed E-state index contributed by atoms with van der Waals surface area (Å²) in [5.74, 6) is -3.98. The Morgan fingerprint density at radius 2 is 0.526 bits per heavy atom. The zero-order valence-electron chi connectivity index (χ0n) is 31.6. The highest BCUT2D eigenvalue weighted by Crippen LogP contribution is 2.41. The highest BCUT2D eigenvalue weighted by atomic mass is 16.2. The van der Waals surface area contributed by atoms with Crippen molar-refractivity contribution in [2.45, 2.75) is 33.1 Å². The molecule has 0 heterocycles. The molecular formula is C49H36O8. The van der Waals surface area contributed by atoms with Gasteiger partial charge in [-0.3, -0.25) is 38.4 Å². The van der Waals surface area contributed by atoms with Crippen molar-refractivity contribution in [2.75, 3.05) is 0 Å². The number of hydrogen-bond donors (Lipinski definition) is 0. The van der Waals surface area contributed by atoms with Crippen LogP contribution in [-0.2, 0) is 5.41 Å². The van der Waals surface area contributed by atoms with E-state index in [4.69, 9.17) is 0 Å². The molecule has 0 saturated heterocycles. The molecule has 6 aromatic rings. The third-order valence-electron chi connectivity index (χ3n) is 10.0. The van der Waals surface area contributed by atoms with Gasteiger partial charge < -0.3 is 0 Å². The first kappa shape index (κ1) is 39.4. The molecule has 8 nitrogen and oxygen atoms in total. The second-order valence-electron chi connectivity index (χ2n) is 13.6. The Labute approximate surface area is 329 Å². The molecule has 0 atom stereocenters. The van der Waals surface area contributed by atoms with E-state index >= 15 is 9.59 Å². The molecule has 0 aliphatic carbocycles. The van der Waals surface area contributed by atoms with Crippen LogP contribution in [0.2, 0.25) is 0 Å². The normalized spacial score (nSPS) is 11.0. The summed E-state index contributed by atoms with van der Waals surface area (Å²) in [6, 6.07) is 36.7. The Hall–Kier alpha value is -7.32. The second kappa shape index (κ2) is 16.2. The molecule has 0 N–H and O–H groups in total. The monoisotopic (exact) mass is 752 g/mol. The quantitative estimate of drug-likeness (QED) is 0.0794. The summed E-state index contributed by atoms with van der Waals surface area (Å²) in [5.41, 5.74) is -0.967. The molecule has 0 saturated carbocycles. The summed E-state index contributed by atoms with van der Waals surface area (Å²) < 4.78 is 0. The van der Waals surface area contributed by atoms with Crippen LogP contribution in [0.3, 0.4) is 0 Å². The first-order chi connectivity index (χ1) is 27.3. The van der Waals surface area contributed by atoms with Crippen LogP contribution in [0.4, 0.5) is 0 Å². The molecular weight excluding hydrogens is 717 g/mol. The third-order valence-corrected chi connectivity index (χ3v) is 10.0. The van der Waals surface area contributed by atoms with Crippen LogP contribution in [0.5, 0.6) is 0 Å². The van der Waals surface area contributed by atoms with Crippen molar-refractivity contribution in [3.8, 4) is 0 Å². The Balaban J connectivity index is 1.64. The molecule has 0 unspecified atom stereocenters. The largest absolute Gasteiger partial charge is 0.294 e. The predicted octanol–water partition coefficient (Wildman–Crippen LogP) is 9.01. The fraction of sp³-hybridized carbons (Fsp3) is 0.102. The van der Waals surface area contributed by atoms with Crippen molar-refractivity contribution in [2.24, 2.45) is 0 Å². The molecule has 0 spiro atoms. The minimum atomic E-state index is -2.30. The molecule has 6 rings (SSSR count). The van der Waals surface area contributed by atoms with Crippen LogP contribution in [-0.4, -0.2) is 46.3 Å². The van der Waals surface area contributed by atoms with Crippen molar-refractivity contribution in [3.05, 3.63) is 212 Å². The van der Waals surface area contributed by atoms with Crippen molar-refractivity contribution in [3.63, 3.8) is 0 Å². The van der Waals surface area contributed by atoms with Gasteiger partial charge >= 0.3 is 0 Å². The van der Waals surface area contributed by atoms with E-state index in [1.54, 1.807) is 72.8 Å². The molecule has 0 aromatic heterocycles. The molecule has 0 amide bonds. The fourth-order valence-electron chi connectivity index (χ4n) is 7.20. The molecule has 0 fully saturated rings. The Kier molecular flexibility index (Phi) is 11.2. The number of Topliss-reactive ketones (excluding diaryl/α,β-unsaturated/α-hetero) is 6. The van der Waals surface area contributed by atoms with Crippen LogP contribution in [0.1, 0.15) is 133 Å². The van der Waals surface area contributed by atoms with Crippen molar-refractivity contribution < 1.29 is 38.4 Å². The topological polar surface area (TPSA) is 137 Å². The van der Waals surface area contributed by atoms with Crippen LogP contribution in [0.15, 0.2) is 146 Å². The average Bonchev–Trinajstić information content (AvgIpc) is 3.23. The van der Waals surface area contributed by atoms with E-state index in [1.807, 2.05) is 0 Å². The maximum absolute atomic E-state index is 15.5. The zero-order chi connectivity index (χ0) is 41.0. The SMILES string of the molecule is CC(=O)c1ccccc1C(=O)c1ccc(C(C(=O)c2ccccc2C(C)=O)(C(=O)c2ccccc2C(C)=O)c2ccc(C(=O)c3ccccc3C(C)=O)cc2)cc1. The van der Waals surface area contributed by atoms with Crippen LogP contribution in [0.25, 0.3) is 0 Å². The summed E-state index contributed by atoms with van der Waals surface area (Å²) in [4.78, 5) is 110. The molecule has 0 aliphatic rings. The van der Waals surface area contributed by atoms with Gasteiger partial charge in [0.2, 0.25) is 0 Å². The lowest BCUT2D eigenvalue weighted by Crippen LogP contribution is -2.46. The summed E-state index contributed by atoms with van der Waals surface area (Å²) in [6.45, 7) is 5.33. The lowest BCUT2D eigenvalue weighted by molar-refractivity contribution is 0.0788. The minimum absolute atomic E-state index is 0.0554. The smallest absolute Gasteiger partial charge is 0.193 e. The van der Waals surface area contributed by atoms with Crippen LogP contribution in [0, 0.1) is 0 Å². The number of hydrogen-bond acceptors (Lipinski definition) is 8.